The van der Waals surface area contributed by atoms with E-state index in [1.165, 1.54) is 19.3 Å². The summed E-state index contributed by atoms with van der Waals surface area (Å²) in [5.41, 5.74) is 0.542. The van der Waals surface area contributed by atoms with Gasteiger partial charge in [-0.05, 0) is 68.6 Å². The fourth-order valence-corrected chi connectivity index (χ4v) is 7.13. The predicted molar refractivity (Wildman–Crippen MR) is 95.4 cm³/mol. The molecule has 4 fully saturated rings. The van der Waals surface area contributed by atoms with Gasteiger partial charge in [0.05, 0.1) is 17.5 Å². The Morgan fingerprint density at radius 1 is 1.30 bits per heavy atom. The van der Waals surface area contributed by atoms with E-state index in [1.807, 2.05) is 6.07 Å². The van der Waals surface area contributed by atoms with Gasteiger partial charge in [-0.25, -0.2) is 0 Å². The van der Waals surface area contributed by atoms with Crippen molar-refractivity contribution in [2.75, 3.05) is 12.4 Å². The van der Waals surface area contributed by atoms with Gasteiger partial charge in [-0.3, -0.25) is 4.79 Å². The summed E-state index contributed by atoms with van der Waals surface area (Å²) in [6.45, 7) is 0. The van der Waals surface area contributed by atoms with Crippen LogP contribution in [0, 0.1) is 17.3 Å². The molecule has 23 heavy (non-hydrogen) atoms. The smallest absolute Gasteiger partial charge is 0.230 e. The predicted octanol–water partition coefficient (Wildman–Crippen LogP) is 5.02. The Balaban J connectivity index is 1.56. The molecule has 5 heteroatoms. The first-order chi connectivity index (χ1) is 10.9. The summed E-state index contributed by atoms with van der Waals surface area (Å²) in [5.74, 6) is 2.18. The van der Waals surface area contributed by atoms with Crippen LogP contribution in [-0.2, 0) is 4.79 Å². The van der Waals surface area contributed by atoms with Gasteiger partial charge in [0.2, 0.25) is 5.91 Å². The minimum Gasteiger partial charge on any atom is -0.495 e. The fraction of sp³-hybridized carbons (Fsp3) is 0.611. The number of benzene rings is 1. The molecule has 3 nitrogen and oxygen atoms in total. The van der Waals surface area contributed by atoms with E-state index in [4.69, 9.17) is 16.3 Å². The molecule has 4 aliphatic carbocycles. The van der Waals surface area contributed by atoms with Crippen LogP contribution in [0.3, 0.4) is 0 Å². The van der Waals surface area contributed by atoms with Crippen LogP contribution < -0.4 is 10.1 Å². The second kappa shape index (κ2) is 5.38. The molecule has 0 aromatic heterocycles. The Morgan fingerprint density at radius 3 is 2.57 bits per heavy atom. The molecule has 1 N–H and O–H groups in total. The highest BCUT2D eigenvalue weighted by Crippen LogP contribution is 2.64. The van der Waals surface area contributed by atoms with Gasteiger partial charge in [-0.15, -0.1) is 0 Å². The molecular formula is C18H21BrClNO2. The lowest BCUT2D eigenvalue weighted by atomic mass is 9.49. The summed E-state index contributed by atoms with van der Waals surface area (Å²) >= 11 is 10.1. The molecule has 1 aromatic carbocycles. The van der Waals surface area contributed by atoms with E-state index in [-0.39, 0.29) is 15.6 Å². The number of ether oxygens (including phenoxy) is 1. The van der Waals surface area contributed by atoms with E-state index in [1.54, 1.807) is 19.2 Å². The molecule has 0 aliphatic heterocycles. The molecule has 0 spiro atoms. The molecule has 4 aliphatic rings. The molecule has 124 valence electrons. The zero-order chi connectivity index (χ0) is 16.2. The molecule has 2 atom stereocenters. The van der Waals surface area contributed by atoms with E-state index >= 15 is 0 Å². The van der Waals surface area contributed by atoms with Gasteiger partial charge in [-0.2, -0.15) is 0 Å². The van der Waals surface area contributed by atoms with E-state index in [2.05, 4.69) is 21.2 Å². The monoisotopic (exact) mass is 397 g/mol. The zero-order valence-corrected chi connectivity index (χ0v) is 15.5. The largest absolute Gasteiger partial charge is 0.495 e. The van der Waals surface area contributed by atoms with Crippen molar-refractivity contribution in [3.8, 4) is 5.75 Å². The number of alkyl halides is 1. The number of methoxy groups -OCH3 is 1. The summed E-state index contributed by atoms with van der Waals surface area (Å²) in [6, 6.07) is 5.42. The minimum absolute atomic E-state index is 0.164. The molecule has 2 unspecified atom stereocenters. The summed E-state index contributed by atoms with van der Waals surface area (Å²) in [5, 5.41) is 3.63. The van der Waals surface area contributed by atoms with Gasteiger partial charge in [-0.1, -0.05) is 27.5 Å². The second-order valence-corrected chi connectivity index (χ2v) is 9.79. The standard InChI is InChI=1S/C18H21BrClNO2/c1-23-15-3-2-13(5-14(15)20)21-16(22)17-6-11-4-12(7-17)9-18(19,8-11)10-17/h2-3,5,11-12H,4,6-10H2,1H3,(H,21,22). The first kappa shape index (κ1) is 15.8. The third-order valence-electron chi connectivity index (χ3n) is 5.88. The van der Waals surface area contributed by atoms with Crippen LogP contribution in [-0.4, -0.2) is 17.3 Å². The molecule has 5 rings (SSSR count). The average molecular weight is 399 g/mol. The van der Waals surface area contributed by atoms with Crippen LogP contribution in [0.5, 0.6) is 5.75 Å². The molecule has 0 radical (unpaired) electrons. The number of hydrogen-bond acceptors (Lipinski definition) is 2. The number of halogens is 2. The Kier molecular flexibility index (Phi) is 3.69. The number of rotatable bonds is 3. The number of carbonyl (C=O) groups excluding carboxylic acids is 1. The molecule has 4 saturated carbocycles. The molecule has 0 saturated heterocycles. The van der Waals surface area contributed by atoms with Crippen molar-refractivity contribution in [1.82, 2.24) is 0 Å². The summed E-state index contributed by atoms with van der Waals surface area (Å²) < 4.78 is 5.35. The van der Waals surface area contributed by atoms with E-state index in [9.17, 15) is 4.79 Å². The Morgan fingerprint density at radius 2 is 2.00 bits per heavy atom. The number of carbonyl (C=O) groups is 1. The molecular weight excluding hydrogens is 378 g/mol. The normalized spacial score (nSPS) is 37.7. The van der Waals surface area contributed by atoms with Crippen molar-refractivity contribution < 1.29 is 9.53 Å². The van der Waals surface area contributed by atoms with Crippen molar-refractivity contribution in [2.45, 2.75) is 42.8 Å². The topological polar surface area (TPSA) is 38.3 Å². The minimum atomic E-state index is -0.208. The lowest BCUT2D eigenvalue weighted by molar-refractivity contribution is -0.138. The van der Waals surface area contributed by atoms with Crippen molar-refractivity contribution in [2.24, 2.45) is 17.3 Å². The van der Waals surface area contributed by atoms with Crippen LogP contribution in [0.2, 0.25) is 5.02 Å². The van der Waals surface area contributed by atoms with Gasteiger partial charge in [0, 0.05) is 10.0 Å². The van der Waals surface area contributed by atoms with Crippen LogP contribution in [0.1, 0.15) is 38.5 Å². The molecule has 1 aromatic rings. The van der Waals surface area contributed by atoms with Crippen LogP contribution in [0.4, 0.5) is 5.69 Å². The Labute approximate surface area is 150 Å². The van der Waals surface area contributed by atoms with E-state index < -0.39 is 0 Å². The number of hydrogen-bond donors (Lipinski definition) is 1. The summed E-state index contributed by atoms with van der Waals surface area (Å²) in [6.07, 6.45) is 6.79. The molecule has 0 heterocycles. The maximum atomic E-state index is 13.1. The first-order valence-electron chi connectivity index (χ1n) is 8.25. The van der Waals surface area contributed by atoms with Gasteiger partial charge in [0.1, 0.15) is 5.75 Å². The van der Waals surface area contributed by atoms with E-state index in [0.717, 1.165) is 24.9 Å². The van der Waals surface area contributed by atoms with Crippen LogP contribution in [0.15, 0.2) is 18.2 Å². The van der Waals surface area contributed by atoms with Crippen LogP contribution in [0.25, 0.3) is 0 Å². The molecule has 1 amide bonds. The maximum absolute atomic E-state index is 13.1. The SMILES string of the molecule is COc1ccc(NC(=O)C23CC4CC(CC(Br)(C4)C2)C3)cc1Cl. The van der Waals surface area contributed by atoms with Crippen molar-refractivity contribution >= 4 is 39.1 Å². The number of amides is 1. The van der Waals surface area contributed by atoms with E-state index in [0.29, 0.717) is 22.6 Å². The third-order valence-corrected chi connectivity index (χ3v) is 7.10. The van der Waals surface area contributed by atoms with Gasteiger partial charge < -0.3 is 10.1 Å². The Hall–Kier alpha value is -0.740. The van der Waals surface area contributed by atoms with Crippen molar-refractivity contribution in [3.05, 3.63) is 23.2 Å². The van der Waals surface area contributed by atoms with Gasteiger partial charge in [0.25, 0.3) is 0 Å². The van der Waals surface area contributed by atoms with Crippen molar-refractivity contribution in [3.63, 3.8) is 0 Å². The Bertz CT molecular complexity index is 648. The maximum Gasteiger partial charge on any atom is 0.230 e. The van der Waals surface area contributed by atoms with Crippen LogP contribution >= 0.6 is 27.5 Å². The number of anilines is 1. The quantitative estimate of drug-likeness (QED) is 0.726. The highest BCUT2D eigenvalue weighted by Gasteiger charge is 2.59. The summed E-state index contributed by atoms with van der Waals surface area (Å²) in [7, 11) is 1.59. The first-order valence-corrected chi connectivity index (χ1v) is 9.42. The average Bonchev–Trinajstić information content (AvgIpc) is 2.44. The molecule has 4 bridgehead atoms. The van der Waals surface area contributed by atoms with Crippen molar-refractivity contribution in [1.29, 1.82) is 0 Å². The lowest BCUT2D eigenvalue weighted by Crippen LogP contribution is -2.57. The van der Waals surface area contributed by atoms with Gasteiger partial charge in [0.15, 0.2) is 0 Å². The summed E-state index contributed by atoms with van der Waals surface area (Å²) in [4.78, 5) is 13.1. The second-order valence-electron chi connectivity index (χ2n) is 7.70. The highest BCUT2D eigenvalue weighted by atomic mass is 79.9. The third kappa shape index (κ3) is 2.68. The fourth-order valence-electron chi connectivity index (χ4n) is 5.42. The number of nitrogens with one attached hydrogen (secondary N) is 1. The van der Waals surface area contributed by atoms with Gasteiger partial charge >= 0.3 is 0 Å². The highest BCUT2D eigenvalue weighted by molar-refractivity contribution is 9.10. The zero-order valence-electron chi connectivity index (χ0n) is 13.2. The lowest BCUT2D eigenvalue weighted by Gasteiger charge is -2.59.